The van der Waals surface area contributed by atoms with E-state index in [9.17, 15) is 9.59 Å². The quantitative estimate of drug-likeness (QED) is 0.734. The highest BCUT2D eigenvalue weighted by molar-refractivity contribution is 6.35. The van der Waals surface area contributed by atoms with E-state index < -0.39 is 11.2 Å². The van der Waals surface area contributed by atoms with E-state index in [0.29, 0.717) is 10.5 Å². The van der Waals surface area contributed by atoms with Crippen LogP contribution in [0.15, 0.2) is 52.2 Å². The molecule has 19 heavy (non-hydrogen) atoms. The first-order chi connectivity index (χ1) is 9.18. The maximum Gasteiger partial charge on any atom is 0.334 e. The maximum atomic E-state index is 12.4. The number of H-pyrrole nitrogens is 1. The normalized spacial score (nSPS) is 10.8. The van der Waals surface area contributed by atoms with Crippen molar-refractivity contribution in [2.24, 2.45) is 0 Å². The summed E-state index contributed by atoms with van der Waals surface area (Å²) < 4.78 is 0.966. The smallest absolute Gasteiger partial charge is 0.306 e. The molecule has 0 amide bonds. The highest BCUT2D eigenvalue weighted by Gasteiger charge is 2.12. The summed E-state index contributed by atoms with van der Waals surface area (Å²) in [5, 5.41) is 0.567. The highest BCUT2D eigenvalue weighted by Crippen LogP contribution is 2.17. The SMILES string of the molecule is O=c1[nH]c2cccc(Cl)c2c(=O)n1-c1ccccn1. The van der Waals surface area contributed by atoms with E-state index in [4.69, 9.17) is 11.6 Å². The van der Waals surface area contributed by atoms with Gasteiger partial charge in [-0.3, -0.25) is 4.79 Å². The van der Waals surface area contributed by atoms with Crippen molar-refractivity contribution in [1.29, 1.82) is 0 Å². The molecule has 5 nitrogen and oxygen atoms in total. The molecule has 0 bridgehead atoms. The predicted molar refractivity (Wildman–Crippen MR) is 73.0 cm³/mol. The zero-order valence-electron chi connectivity index (χ0n) is 9.63. The summed E-state index contributed by atoms with van der Waals surface area (Å²) in [6, 6.07) is 9.89. The van der Waals surface area contributed by atoms with Crippen molar-refractivity contribution in [3.63, 3.8) is 0 Å². The summed E-state index contributed by atoms with van der Waals surface area (Å²) in [5.74, 6) is 0.260. The molecule has 94 valence electrons. The Morgan fingerprint density at radius 3 is 2.68 bits per heavy atom. The summed E-state index contributed by atoms with van der Waals surface area (Å²) in [5.41, 5.74) is -0.615. The molecular weight excluding hydrogens is 266 g/mol. The average Bonchev–Trinajstić information content (AvgIpc) is 2.39. The molecule has 0 spiro atoms. The Balaban J connectivity index is 2.49. The Bertz CT molecular complexity index is 868. The lowest BCUT2D eigenvalue weighted by Crippen LogP contribution is -2.34. The molecule has 1 aromatic carbocycles. The summed E-state index contributed by atoms with van der Waals surface area (Å²) in [6.45, 7) is 0. The molecule has 0 fully saturated rings. The summed E-state index contributed by atoms with van der Waals surface area (Å²) in [7, 11) is 0. The van der Waals surface area contributed by atoms with Crippen molar-refractivity contribution in [3.05, 3.63) is 68.5 Å². The van der Waals surface area contributed by atoms with E-state index >= 15 is 0 Å². The molecule has 0 unspecified atom stereocenters. The van der Waals surface area contributed by atoms with Crippen LogP contribution in [0.2, 0.25) is 5.02 Å². The van der Waals surface area contributed by atoms with Crippen LogP contribution in [0.4, 0.5) is 0 Å². The van der Waals surface area contributed by atoms with Crippen LogP contribution in [0.3, 0.4) is 0 Å². The Kier molecular flexibility index (Phi) is 2.68. The number of hydrogen-bond acceptors (Lipinski definition) is 3. The van der Waals surface area contributed by atoms with Crippen molar-refractivity contribution in [2.45, 2.75) is 0 Å². The second-order valence-corrected chi connectivity index (χ2v) is 4.33. The van der Waals surface area contributed by atoms with Gasteiger partial charge in [0.2, 0.25) is 0 Å². The van der Waals surface area contributed by atoms with Crippen LogP contribution in [0.25, 0.3) is 16.7 Å². The fourth-order valence-corrected chi connectivity index (χ4v) is 2.17. The topological polar surface area (TPSA) is 67.8 Å². The first-order valence-electron chi connectivity index (χ1n) is 5.53. The van der Waals surface area contributed by atoms with Gasteiger partial charge in [0, 0.05) is 6.20 Å². The van der Waals surface area contributed by atoms with E-state index in [-0.39, 0.29) is 11.2 Å². The van der Waals surface area contributed by atoms with E-state index in [2.05, 4.69) is 9.97 Å². The van der Waals surface area contributed by atoms with Crippen molar-refractivity contribution in [3.8, 4) is 5.82 Å². The lowest BCUT2D eigenvalue weighted by molar-refractivity contribution is 0.868. The van der Waals surface area contributed by atoms with Gasteiger partial charge in [0.25, 0.3) is 5.56 Å². The second-order valence-electron chi connectivity index (χ2n) is 3.92. The van der Waals surface area contributed by atoms with Gasteiger partial charge in [-0.2, -0.15) is 0 Å². The minimum absolute atomic E-state index is 0.260. The third kappa shape index (κ3) is 1.84. The molecule has 0 saturated carbocycles. The number of aromatic amines is 1. The third-order valence-corrected chi connectivity index (χ3v) is 3.07. The van der Waals surface area contributed by atoms with Crippen LogP contribution < -0.4 is 11.2 Å². The fourth-order valence-electron chi connectivity index (χ4n) is 1.91. The predicted octanol–water partition coefficient (Wildman–Crippen LogP) is 1.73. The lowest BCUT2D eigenvalue weighted by atomic mass is 10.2. The van der Waals surface area contributed by atoms with Crippen LogP contribution in [-0.4, -0.2) is 14.5 Å². The molecule has 0 radical (unpaired) electrons. The van der Waals surface area contributed by atoms with Crippen molar-refractivity contribution < 1.29 is 0 Å². The van der Waals surface area contributed by atoms with Gasteiger partial charge in [-0.05, 0) is 24.3 Å². The third-order valence-electron chi connectivity index (χ3n) is 2.75. The van der Waals surface area contributed by atoms with Crippen molar-refractivity contribution in [1.82, 2.24) is 14.5 Å². The molecule has 2 aromatic heterocycles. The number of pyridine rings is 1. The molecule has 0 aliphatic heterocycles. The van der Waals surface area contributed by atoms with Gasteiger partial charge in [-0.1, -0.05) is 23.7 Å². The fraction of sp³-hybridized carbons (Fsp3) is 0. The van der Waals surface area contributed by atoms with Crippen molar-refractivity contribution >= 4 is 22.5 Å². The standard InChI is InChI=1S/C13H8ClN3O2/c14-8-4-3-5-9-11(8)12(18)17(13(19)16-9)10-6-1-2-7-15-10/h1-7H,(H,16,19). The molecule has 0 atom stereocenters. The number of benzene rings is 1. The van der Waals surface area contributed by atoms with Crippen LogP contribution >= 0.6 is 11.6 Å². The number of nitrogens with one attached hydrogen (secondary N) is 1. The minimum Gasteiger partial charge on any atom is -0.306 e. The molecule has 0 aliphatic rings. The van der Waals surface area contributed by atoms with Gasteiger partial charge in [0.05, 0.1) is 15.9 Å². The number of fused-ring (bicyclic) bond motifs is 1. The van der Waals surface area contributed by atoms with Gasteiger partial charge in [0.15, 0.2) is 0 Å². The van der Waals surface area contributed by atoms with E-state index in [0.717, 1.165) is 4.57 Å². The molecule has 0 aliphatic carbocycles. The number of hydrogen-bond donors (Lipinski definition) is 1. The summed E-state index contributed by atoms with van der Waals surface area (Å²) in [6.07, 6.45) is 1.51. The van der Waals surface area contributed by atoms with E-state index in [1.165, 1.54) is 6.20 Å². The van der Waals surface area contributed by atoms with Crippen LogP contribution in [-0.2, 0) is 0 Å². The van der Waals surface area contributed by atoms with Crippen molar-refractivity contribution in [2.75, 3.05) is 0 Å². The molecular formula is C13H8ClN3O2. The summed E-state index contributed by atoms with van der Waals surface area (Å²) in [4.78, 5) is 31.0. The minimum atomic E-state index is -0.543. The van der Waals surface area contributed by atoms with Crippen LogP contribution in [0.5, 0.6) is 0 Å². The molecule has 3 aromatic rings. The Labute approximate surface area is 112 Å². The first-order valence-corrected chi connectivity index (χ1v) is 5.91. The number of aromatic nitrogens is 3. The molecule has 2 heterocycles. The van der Waals surface area contributed by atoms with Gasteiger partial charge < -0.3 is 4.98 Å². The molecule has 0 saturated heterocycles. The molecule has 6 heteroatoms. The molecule has 1 N–H and O–H groups in total. The average molecular weight is 274 g/mol. The van der Waals surface area contributed by atoms with E-state index in [1.54, 1.807) is 36.4 Å². The van der Waals surface area contributed by atoms with Crippen LogP contribution in [0, 0.1) is 0 Å². The van der Waals surface area contributed by atoms with Gasteiger partial charge in [0.1, 0.15) is 5.82 Å². The zero-order valence-corrected chi connectivity index (χ0v) is 10.4. The summed E-state index contributed by atoms with van der Waals surface area (Å²) >= 11 is 6.02. The zero-order chi connectivity index (χ0) is 13.4. The number of halogens is 1. The second kappa shape index (κ2) is 4.37. The Morgan fingerprint density at radius 2 is 1.95 bits per heavy atom. The maximum absolute atomic E-state index is 12.4. The lowest BCUT2D eigenvalue weighted by Gasteiger charge is -2.05. The monoisotopic (exact) mass is 273 g/mol. The van der Waals surface area contributed by atoms with Crippen LogP contribution in [0.1, 0.15) is 0 Å². The Morgan fingerprint density at radius 1 is 1.11 bits per heavy atom. The highest BCUT2D eigenvalue weighted by atomic mass is 35.5. The molecule has 3 rings (SSSR count). The number of nitrogens with zero attached hydrogens (tertiary/aromatic N) is 2. The van der Waals surface area contributed by atoms with Gasteiger partial charge in [-0.25, -0.2) is 14.3 Å². The largest absolute Gasteiger partial charge is 0.334 e. The van der Waals surface area contributed by atoms with Gasteiger partial charge in [-0.15, -0.1) is 0 Å². The van der Waals surface area contributed by atoms with Gasteiger partial charge >= 0.3 is 5.69 Å². The first kappa shape index (κ1) is 11.7. The number of rotatable bonds is 1. The van der Waals surface area contributed by atoms with E-state index in [1.807, 2.05) is 0 Å². The Hall–Kier alpha value is -2.40.